The van der Waals surface area contributed by atoms with Crippen LogP contribution in [0.25, 0.3) is 11.4 Å². The highest BCUT2D eigenvalue weighted by Gasteiger charge is 2.09. The van der Waals surface area contributed by atoms with Gasteiger partial charge in [-0.3, -0.25) is 0 Å². The van der Waals surface area contributed by atoms with Crippen LogP contribution in [0.15, 0.2) is 65.4 Å². The first-order chi connectivity index (χ1) is 10.3. The third-order valence-corrected chi connectivity index (χ3v) is 4.03. The van der Waals surface area contributed by atoms with Crippen LogP contribution in [-0.4, -0.2) is 16.7 Å². The molecule has 3 nitrogen and oxygen atoms in total. The Balaban J connectivity index is 1.90. The summed E-state index contributed by atoms with van der Waals surface area (Å²) < 4.78 is 8.38. The first kappa shape index (κ1) is 13.9. The van der Waals surface area contributed by atoms with E-state index < -0.39 is 0 Å². The van der Waals surface area contributed by atoms with E-state index >= 15 is 0 Å². The Labute approximate surface area is 132 Å². The first-order valence-corrected chi connectivity index (χ1v) is 7.46. The summed E-state index contributed by atoms with van der Waals surface area (Å²) in [5.41, 5.74) is 2.30. The molecule has 3 aromatic rings. The van der Waals surface area contributed by atoms with Crippen molar-refractivity contribution in [2.45, 2.75) is 6.54 Å². The van der Waals surface area contributed by atoms with Crippen LogP contribution in [0.2, 0.25) is 0 Å². The molecule has 0 unspecified atom stereocenters. The van der Waals surface area contributed by atoms with E-state index in [9.17, 15) is 0 Å². The smallest absolute Gasteiger partial charge is 0.141 e. The number of benzene rings is 2. The summed E-state index contributed by atoms with van der Waals surface area (Å²) in [4.78, 5) is 4.49. The minimum atomic E-state index is 0.778. The van der Waals surface area contributed by atoms with Crippen molar-refractivity contribution in [2.75, 3.05) is 7.11 Å². The SMILES string of the molecule is COc1ccc(Cn2ccnc2-c2ccccc2Br)cc1. The van der Waals surface area contributed by atoms with Gasteiger partial charge >= 0.3 is 0 Å². The van der Waals surface area contributed by atoms with Crippen LogP contribution >= 0.6 is 15.9 Å². The Morgan fingerprint density at radius 3 is 2.57 bits per heavy atom. The average molecular weight is 343 g/mol. The molecule has 0 fully saturated rings. The molecule has 0 aliphatic rings. The lowest BCUT2D eigenvalue weighted by atomic mass is 10.2. The van der Waals surface area contributed by atoms with Crippen molar-refractivity contribution in [3.05, 3.63) is 71.0 Å². The zero-order chi connectivity index (χ0) is 14.7. The summed E-state index contributed by atoms with van der Waals surface area (Å²) in [7, 11) is 1.68. The molecule has 0 spiro atoms. The summed E-state index contributed by atoms with van der Waals surface area (Å²) >= 11 is 3.59. The van der Waals surface area contributed by atoms with Crippen LogP contribution in [0, 0.1) is 0 Å². The molecular formula is C17H15BrN2O. The van der Waals surface area contributed by atoms with Gasteiger partial charge in [-0.25, -0.2) is 4.98 Å². The van der Waals surface area contributed by atoms with Crippen LogP contribution < -0.4 is 4.74 Å². The maximum absolute atomic E-state index is 5.19. The maximum atomic E-state index is 5.19. The van der Waals surface area contributed by atoms with Gasteiger partial charge in [0.25, 0.3) is 0 Å². The van der Waals surface area contributed by atoms with Crippen molar-refractivity contribution in [1.29, 1.82) is 0 Å². The zero-order valence-electron chi connectivity index (χ0n) is 11.7. The minimum absolute atomic E-state index is 0.778. The molecule has 0 N–H and O–H groups in total. The number of ether oxygens (including phenoxy) is 1. The standard InChI is InChI=1S/C17H15BrN2O/c1-21-14-8-6-13(7-9-14)12-20-11-10-19-17(20)15-4-2-3-5-16(15)18/h2-11H,12H2,1H3. The second-order valence-corrected chi connectivity index (χ2v) is 5.56. The number of methoxy groups -OCH3 is 1. The minimum Gasteiger partial charge on any atom is -0.497 e. The van der Waals surface area contributed by atoms with Crippen molar-refractivity contribution >= 4 is 15.9 Å². The monoisotopic (exact) mass is 342 g/mol. The number of hydrogen-bond donors (Lipinski definition) is 0. The molecule has 0 aliphatic carbocycles. The molecule has 3 rings (SSSR count). The van der Waals surface area contributed by atoms with Crippen LogP contribution in [0.1, 0.15) is 5.56 Å². The molecule has 0 aliphatic heterocycles. The molecule has 4 heteroatoms. The fourth-order valence-corrected chi connectivity index (χ4v) is 2.71. The zero-order valence-corrected chi connectivity index (χ0v) is 13.2. The van der Waals surface area contributed by atoms with Crippen molar-refractivity contribution in [2.24, 2.45) is 0 Å². The summed E-state index contributed by atoms with van der Waals surface area (Å²) in [6.45, 7) is 0.778. The van der Waals surface area contributed by atoms with E-state index in [2.05, 4.69) is 43.7 Å². The van der Waals surface area contributed by atoms with Gasteiger partial charge in [-0.2, -0.15) is 0 Å². The highest BCUT2D eigenvalue weighted by molar-refractivity contribution is 9.10. The van der Waals surface area contributed by atoms with Crippen LogP contribution in [-0.2, 0) is 6.54 Å². The number of rotatable bonds is 4. The summed E-state index contributed by atoms with van der Waals surface area (Å²) in [5.74, 6) is 1.83. The van der Waals surface area contributed by atoms with Crippen molar-refractivity contribution in [3.63, 3.8) is 0 Å². The summed E-state index contributed by atoms with van der Waals surface area (Å²) in [5, 5.41) is 0. The molecule has 0 saturated heterocycles. The van der Waals surface area contributed by atoms with Gasteiger partial charge < -0.3 is 9.30 Å². The molecule has 0 bridgehead atoms. The van der Waals surface area contributed by atoms with Crippen LogP contribution in [0.4, 0.5) is 0 Å². The van der Waals surface area contributed by atoms with E-state index in [-0.39, 0.29) is 0 Å². The largest absolute Gasteiger partial charge is 0.497 e. The van der Waals surface area contributed by atoms with Crippen LogP contribution in [0.5, 0.6) is 5.75 Å². The molecule has 2 aromatic carbocycles. The number of imidazole rings is 1. The third kappa shape index (κ3) is 3.00. The first-order valence-electron chi connectivity index (χ1n) is 6.67. The fraction of sp³-hybridized carbons (Fsp3) is 0.118. The molecule has 0 atom stereocenters. The van der Waals surface area contributed by atoms with Gasteiger partial charge in [-0.1, -0.05) is 46.3 Å². The number of hydrogen-bond acceptors (Lipinski definition) is 2. The number of halogens is 1. The van der Waals surface area contributed by atoms with Crippen LogP contribution in [0.3, 0.4) is 0 Å². The van der Waals surface area contributed by atoms with Gasteiger partial charge in [0.15, 0.2) is 0 Å². The van der Waals surface area contributed by atoms with Gasteiger partial charge in [0.2, 0.25) is 0 Å². The van der Waals surface area contributed by atoms with Crippen molar-refractivity contribution < 1.29 is 4.74 Å². The molecule has 1 aromatic heterocycles. The average Bonchev–Trinajstić information content (AvgIpc) is 2.96. The van der Waals surface area contributed by atoms with Crippen molar-refractivity contribution in [1.82, 2.24) is 9.55 Å². The predicted molar refractivity (Wildman–Crippen MR) is 87.5 cm³/mol. The van der Waals surface area contributed by atoms with Gasteiger partial charge in [-0.05, 0) is 23.8 Å². The topological polar surface area (TPSA) is 27.1 Å². The Bertz CT molecular complexity index is 735. The van der Waals surface area contributed by atoms with E-state index in [1.165, 1.54) is 5.56 Å². The normalized spacial score (nSPS) is 10.6. The molecule has 21 heavy (non-hydrogen) atoms. The Kier molecular flexibility index (Phi) is 4.06. The highest BCUT2D eigenvalue weighted by Crippen LogP contribution is 2.27. The van der Waals surface area contributed by atoms with E-state index in [4.69, 9.17) is 4.74 Å². The molecule has 0 amide bonds. The van der Waals surface area contributed by atoms with E-state index in [1.54, 1.807) is 7.11 Å². The maximum Gasteiger partial charge on any atom is 0.141 e. The Morgan fingerprint density at radius 1 is 1.10 bits per heavy atom. The molecule has 106 valence electrons. The third-order valence-electron chi connectivity index (χ3n) is 3.34. The summed E-state index contributed by atoms with van der Waals surface area (Å²) in [6.07, 6.45) is 3.83. The van der Waals surface area contributed by atoms with Gasteiger partial charge in [0, 0.05) is 29.0 Å². The van der Waals surface area contributed by atoms with E-state index in [0.29, 0.717) is 0 Å². The number of nitrogens with zero attached hydrogens (tertiary/aromatic N) is 2. The lowest BCUT2D eigenvalue weighted by Crippen LogP contribution is -2.01. The lowest BCUT2D eigenvalue weighted by Gasteiger charge is -2.10. The molecule has 0 radical (unpaired) electrons. The molecular weight excluding hydrogens is 328 g/mol. The molecule has 0 saturated carbocycles. The quantitative estimate of drug-likeness (QED) is 0.703. The van der Waals surface area contributed by atoms with E-state index in [1.807, 2.05) is 42.7 Å². The van der Waals surface area contributed by atoms with Gasteiger partial charge in [-0.15, -0.1) is 0 Å². The predicted octanol–water partition coefficient (Wildman–Crippen LogP) is 4.37. The number of aromatic nitrogens is 2. The summed E-state index contributed by atoms with van der Waals surface area (Å²) in [6, 6.07) is 16.2. The second kappa shape index (κ2) is 6.14. The van der Waals surface area contributed by atoms with Crippen molar-refractivity contribution in [3.8, 4) is 17.1 Å². The highest BCUT2D eigenvalue weighted by atomic mass is 79.9. The lowest BCUT2D eigenvalue weighted by molar-refractivity contribution is 0.414. The Morgan fingerprint density at radius 2 is 1.86 bits per heavy atom. The fourth-order valence-electron chi connectivity index (χ4n) is 2.25. The van der Waals surface area contributed by atoms with Gasteiger partial charge in [0.05, 0.1) is 7.11 Å². The van der Waals surface area contributed by atoms with E-state index in [0.717, 1.165) is 28.2 Å². The van der Waals surface area contributed by atoms with Gasteiger partial charge in [0.1, 0.15) is 11.6 Å². The second-order valence-electron chi connectivity index (χ2n) is 4.71. The Hall–Kier alpha value is -2.07. The molecule has 1 heterocycles.